The van der Waals surface area contributed by atoms with Crippen molar-refractivity contribution in [2.75, 3.05) is 53.6 Å². The van der Waals surface area contributed by atoms with E-state index < -0.39 is 0 Å². The molecule has 10 heteroatoms. The number of carbonyl (C=O) groups excluding carboxylic acids is 2. The summed E-state index contributed by atoms with van der Waals surface area (Å²) in [6, 6.07) is 21.3. The molecule has 0 saturated carbocycles. The summed E-state index contributed by atoms with van der Waals surface area (Å²) in [4.78, 5) is 29.3. The van der Waals surface area contributed by atoms with E-state index >= 15 is 0 Å². The van der Waals surface area contributed by atoms with E-state index in [9.17, 15) is 9.59 Å². The number of benzene rings is 4. The molecule has 0 bridgehead atoms. The van der Waals surface area contributed by atoms with Crippen molar-refractivity contribution in [1.82, 2.24) is 9.80 Å². The molecule has 4 aliphatic rings. The summed E-state index contributed by atoms with van der Waals surface area (Å²) < 4.78 is 22.5. The highest BCUT2D eigenvalue weighted by molar-refractivity contribution is 6.39. The van der Waals surface area contributed by atoms with Gasteiger partial charge in [-0.05, 0) is 73.9 Å². The van der Waals surface area contributed by atoms with Crippen molar-refractivity contribution < 1.29 is 28.5 Å². The molecule has 2 fully saturated rings. The average molecular weight is 770 g/mol. The lowest BCUT2D eigenvalue weighted by atomic mass is 9.91. The van der Waals surface area contributed by atoms with Crippen LogP contribution in [-0.4, -0.2) is 75.4 Å². The molecule has 0 amide bonds. The van der Waals surface area contributed by atoms with E-state index in [1.165, 1.54) is 22.3 Å². The van der Waals surface area contributed by atoms with E-state index in [4.69, 9.17) is 42.1 Å². The van der Waals surface area contributed by atoms with Gasteiger partial charge >= 0.3 is 11.9 Å². The molecule has 0 N–H and O–H groups in total. The first kappa shape index (κ1) is 36.9. The van der Waals surface area contributed by atoms with Crippen LogP contribution in [-0.2, 0) is 31.9 Å². The van der Waals surface area contributed by atoms with E-state index in [2.05, 4.69) is 34.1 Å². The summed E-state index contributed by atoms with van der Waals surface area (Å²) >= 11 is 14.6. The van der Waals surface area contributed by atoms with Crippen molar-refractivity contribution in [3.8, 4) is 44.9 Å². The molecule has 4 aromatic carbocycles. The number of ether oxygens (including phenoxy) is 4. The quantitative estimate of drug-likeness (QED) is 0.140. The second-order valence-corrected chi connectivity index (χ2v) is 15.5. The van der Waals surface area contributed by atoms with Crippen molar-refractivity contribution in [2.45, 2.75) is 51.6 Å². The van der Waals surface area contributed by atoms with Gasteiger partial charge in [0.25, 0.3) is 0 Å². The van der Waals surface area contributed by atoms with Crippen LogP contribution in [0.2, 0.25) is 10.0 Å². The molecule has 4 aromatic rings. The monoisotopic (exact) mass is 768 g/mol. The molecule has 8 rings (SSSR count). The fourth-order valence-electron chi connectivity index (χ4n) is 9.07. The maximum absolute atomic E-state index is 12.3. The van der Waals surface area contributed by atoms with E-state index in [1.807, 2.05) is 50.2 Å². The third-order valence-corrected chi connectivity index (χ3v) is 12.6. The number of methoxy groups -OCH3 is 2. The van der Waals surface area contributed by atoms with Crippen molar-refractivity contribution >= 4 is 35.1 Å². The standard InChI is InChI=1S/C44H46Cl2N2O6/c1-5-53-43(49)29-21-47(22-29)35-15-13-25-17-27(19-37(51-3)39(25)35)31-9-7-11-33(41(31)45)34-12-8-10-32(42(34)46)28-18-26-14-16-36(40(26)38(20-28)52-4)48-23-30(24-48)44(50)54-6-2/h7-12,17-20,29-30,35-36H,5-6,13-16,21-24H2,1-4H3/t35-,36-/m1/s1. The Kier molecular flexibility index (Phi) is 10.4. The van der Waals surface area contributed by atoms with Crippen LogP contribution in [0.3, 0.4) is 0 Å². The van der Waals surface area contributed by atoms with Gasteiger partial charge in [0.05, 0.1) is 49.3 Å². The molecule has 2 saturated heterocycles. The van der Waals surface area contributed by atoms with Gasteiger partial charge in [-0.1, -0.05) is 71.7 Å². The van der Waals surface area contributed by atoms with Crippen LogP contribution in [0.4, 0.5) is 0 Å². The molecule has 0 aromatic heterocycles. The summed E-state index contributed by atoms with van der Waals surface area (Å²) in [7, 11) is 3.44. The highest BCUT2D eigenvalue weighted by atomic mass is 35.5. The first-order chi connectivity index (χ1) is 26.2. The van der Waals surface area contributed by atoms with Gasteiger partial charge in [0, 0.05) is 71.6 Å². The van der Waals surface area contributed by atoms with Crippen LogP contribution in [0.5, 0.6) is 11.5 Å². The zero-order valence-corrected chi connectivity index (χ0v) is 32.8. The van der Waals surface area contributed by atoms with Crippen molar-refractivity contribution in [3.63, 3.8) is 0 Å². The third-order valence-electron chi connectivity index (χ3n) is 11.8. The molecule has 2 aliphatic heterocycles. The lowest BCUT2D eigenvalue weighted by Gasteiger charge is -2.42. The van der Waals surface area contributed by atoms with E-state index in [-0.39, 0.29) is 35.9 Å². The molecule has 54 heavy (non-hydrogen) atoms. The number of aryl methyl sites for hydroxylation is 2. The molecule has 0 spiro atoms. The highest BCUT2D eigenvalue weighted by Gasteiger charge is 2.43. The second kappa shape index (κ2) is 15.2. The van der Waals surface area contributed by atoms with E-state index in [0.29, 0.717) is 49.4 Å². The number of esters is 2. The Balaban J connectivity index is 1.06. The van der Waals surface area contributed by atoms with Crippen LogP contribution in [0.15, 0.2) is 60.7 Å². The maximum atomic E-state index is 12.3. The topological polar surface area (TPSA) is 77.5 Å². The second-order valence-electron chi connectivity index (χ2n) is 14.8. The van der Waals surface area contributed by atoms with Crippen molar-refractivity contribution in [2.24, 2.45) is 11.8 Å². The molecule has 0 radical (unpaired) electrons. The number of hydrogen-bond donors (Lipinski definition) is 0. The summed E-state index contributed by atoms with van der Waals surface area (Å²) in [5.74, 6) is 1.34. The molecule has 282 valence electrons. The summed E-state index contributed by atoms with van der Waals surface area (Å²) in [6.07, 6.45) is 3.80. The molecule has 2 heterocycles. The van der Waals surface area contributed by atoms with Crippen molar-refractivity contribution in [3.05, 3.63) is 93.0 Å². The Morgan fingerprint density at radius 3 is 1.39 bits per heavy atom. The van der Waals surface area contributed by atoms with Crippen molar-refractivity contribution in [1.29, 1.82) is 0 Å². The molecule has 2 aliphatic carbocycles. The van der Waals surface area contributed by atoms with Crippen LogP contribution < -0.4 is 9.47 Å². The smallest absolute Gasteiger partial charge is 0.311 e. The number of hydrogen-bond acceptors (Lipinski definition) is 8. The molecule has 2 atom stereocenters. The molecule has 8 nitrogen and oxygen atoms in total. The number of nitrogens with zero attached hydrogens (tertiary/aromatic N) is 2. The predicted octanol–water partition coefficient (Wildman–Crippen LogP) is 8.98. The van der Waals surface area contributed by atoms with Gasteiger partial charge in [-0.2, -0.15) is 0 Å². The fourth-order valence-corrected chi connectivity index (χ4v) is 9.74. The number of rotatable bonds is 11. The van der Waals surface area contributed by atoms with Crippen LogP contribution >= 0.6 is 23.2 Å². The van der Waals surface area contributed by atoms with Gasteiger partial charge in [0.1, 0.15) is 11.5 Å². The Hall–Kier alpha value is -4.08. The number of carbonyl (C=O) groups is 2. The number of likely N-dealkylation sites (tertiary alicyclic amines) is 2. The Bertz CT molecular complexity index is 1960. The minimum absolute atomic E-state index is 0.0629. The minimum Gasteiger partial charge on any atom is -0.496 e. The third kappa shape index (κ3) is 6.45. The summed E-state index contributed by atoms with van der Waals surface area (Å²) in [5, 5.41) is 1.25. The van der Waals surface area contributed by atoms with Gasteiger partial charge in [0.15, 0.2) is 0 Å². The molecule has 0 unspecified atom stereocenters. The van der Waals surface area contributed by atoms with E-state index in [1.54, 1.807) is 14.2 Å². The van der Waals surface area contributed by atoms with Crippen LogP contribution in [0, 0.1) is 11.8 Å². The highest BCUT2D eigenvalue weighted by Crippen LogP contribution is 2.50. The number of halogens is 2. The van der Waals surface area contributed by atoms with Gasteiger partial charge in [0.2, 0.25) is 0 Å². The molecular weight excluding hydrogens is 723 g/mol. The maximum Gasteiger partial charge on any atom is 0.311 e. The summed E-state index contributed by atoms with van der Waals surface area (Å²) in [5.41, 5.74) is 10.4. The first-order valence-electron chi connectivity index (χ1n) is 19.1. The number of fused-ring (bicyclic) bond motifs is 2. The Labute approximate surface area is 327 Å². The Morgan fingerprint density at radius 1 is 0.630 bits per heavy atom. The minimum atomic E-state index is -0.107. The Morgan fingerprint density at radius 2 is 1.02 bits per heavy atom. The van der Waals surface area contributed by atoms with Crippen LogP contribution in [0.25, 0.3) is 33.4 Å². The SMILES string of the molecule is CCOC(=O)C1CN([C@@H]2CCc3cc(-c4cccc(-c5cccc(-c6cc7c(c(OC)c6)[C@H](N6CC(C(=O)OCC)C6)CC7)c5Cl)c4Cl)cc(OC)c32)C1. The van der Waals surface area contributed by atoms with Crippen LogP contribution in [0.1, 0.15) is 61.0 Å². The molecular formula is C44H46Cl2N2O6. The fraction of sp³-hybridized carbons (Fsp3) is 0.409. The lowest BCUT2D eigenvalue weighted by Crippen LogP contribution is -2.51. The average Bonchev–Trinajstić information content (AvgIpc) is 3.75. The lowest BCUT2D eigenvalue weighted by molar-refractivity contribution is -0.156. The van der Waals surface area contributed by atoms with E-state index in [0.717, 1.165) is 70.6 Å². The zero-order chi connectivity index (χ0) is 37.7. The largest absolute Gasteiger partial charge is 0.496 e. The van der Waals surface area contributed by atoms with Gasteiger partial charge < -0.3 is 18.9 Å². The van der Waals surface area contributed by atoms with Gasteiger partial charge in [-0.25, -0.2) is 0 Å². The normalized spacial score (nSPS) is 19.8. The van der Waals surface area contributed by atoms with Gasteiger partial charge in [-0.3, -0.25) is 19.4 Å². The first-order valence-corrected chi connectivity index (χ1v) is 19.8. The predicted molar refractivity (Wildman–Crippen MR) is 211 cm³/mol. The van der Waals surface area contributed by atoms with Gasteiger partial charge in [-0.15, -0.1) is 0 Å². The summed E-state index contributed by atoms with van der Waals surface area (Å²) in [6.45, 7) is 7.34. The zero-order valence-electron chi connectivity index (χ0n) is 31.3.